The molecule has 20 heavy (non-hydrogen) atoms. The van der Waals surface area contributed by atoms with Crippen LogP contribution in [0.3, 0.4) is 0 Å². The zero-order valence-corrected chi connectivity index (χ0v) is 11.9. The Bertz CT molecular complexity index is 445. The summed E-state index contributed by atoms with van der Waals surface area (Å²) >= 11 is 0. The van der Waals surface area contributed by atoms with Crippen molar-refractivity contribution in [1.29, 1.82) is 0 Å². The van der Waals surface area contributed by atoms with E-state index < -0.39 is 11.7 Å². The molecular weight excluding hydrogens is 265 g/mol. The van der Waals surface area contributed by atoms with Gasteiger partial charge >= 0.3 is 6.18 Å². The number of hydrogen-bond acceptors (Lipinski definition) is 2. The predicted molar refractivity (Wildman–Crippen MR) is 73.3 cm³/mol. The van der Waals surface area contributed by atoms with Crippen molar-refractivity contribution in [3.63, 3.8) is 0 Å². The average molecular weight is 286 g/mol. The molecule has 0 spiro atoms. The topological polar surface area (TPSA) is 29.3 Å². The van der Waals surface area contributed by atoms with Crippen molar-refractivity contribution in [2.75, 3.05) is 14.1 Å². The van der Waals surface area contributed by atoms with Crippen LogP contribution in [0.5, 0.6) is 0 Å². The molecule has 5 heteroatoms. The Morgan fingerprint density at radius 2 is 1.60 bits per heavy atom. The Balaban J connectivity index is 2.26. The lowest BCUT2D eigenvalue weighted by Crippen LogP contribution is -2.50. The van der Waals surface area contributed by atoms with Crippen LogP contribution in [0.1, 0.15) is 42.9 Å². The lowest BCUT2D eigenvalue weighted by molar-refractivity contribution is -0.137. The summed E-state index contributed by atoms with van der Waals surface area (Å²) in [6.45, 7) is 0. The van der Waals surface area contributed by atoms with Gasteiger partial charge in [-0.3, -0.25) is 0 Å². The molecule has 1 aromatic rings. The van der Waals surface area contributed by atoms with Crippen LogP contribution >= 0.6 is 0 Å². The van der Waals surface area contributed by atoms with Gasteiger partial charge in [-0.1, -0.05) is 25.0 Å². The molecule has 0 heterocycles. The fourth-order valence-corrected chi connectivity index (χ4v) is 3.21. The van der Waals surface area contributed by atoms with Crippen molar-refractivity contribution in [3.05, 3.63) is 35.4 Å². The van der Waals surface area contributed by atoms with E-state index in [2.05, 4.69) is 4.90 Å². The van der Waals surface area contributed by atoms with Crippen LogP contribution in [0, 0.1) is 0 Å². The standard InChI is InChI=1S/C15H21F3N2/c1-20(2)14(9-3-4-10-14)13(19)11-5-7-12(8-6-11)15(16,17)18/h5-8,13H,3-4,9-10,19H2,1-2H3. The number of rotatable bonds is 3. The van der Waals surface area contributed by atoms with E-state index in [0.29, 0.717) is 0 Å². The molecule has 0 radical (unpaired) electrons. The van der Waals surface area contributed by atoms with Gasteiger partial charge in [-0.05, 0) is 44.6 Å². The maximum atomic E-state index is 12.6. The lowest BCUT2D eigenvalue weighted by atomic mass is 9.83. The smallest absolute Gasteiger partial charge is 0.322 e. The van der Waals surface area contributed by atoms with Crippen LogP contribution in [-0.4, -0.2) is 24.5 Å². The van der Waals surface area contributed by atoms with Crippen LogP contribution < -0.4 is 5.73 Å². The van der Waals surface area contributed by atoms with Crippen LogP contribution in [-0.2, 0) is 6.18 Å². The number of benzene rings is 1. The van der Waals surface area contributed by atoms with Gasteiger partial charge in [0.2, 0.25) is 0 Å². The molecule has 1 fully saturated rings. The van der Waals surface area contributed by atoms with Gasteiger partial charge < -0.3 is 10.6 Å². The van der Waals surface area contributed by atoms with E-state index in [1.807, 2.05) is 14.1 Å². The van der Waals surface area contributed by atoms with Crippen molar-refractivity contribution in [3.8, 4) is 0 Å². The SMILES string of the molecule is CN(C)C1(C(N)c2ccc(C(F)(F)F)cc2)CCCC1. The summed E-state index contributed by atoms with van der Waals surface area (Å²) in [5.41, 5.74) is 6.38. The van der Waals surface area contributed by atoms with E-state index in [4.69, 9.17) is 5.73 Å². The second kappa shape index (κ2) is 5.37. The number of alkyl halides is 3. The second-order valence-corrected chi connectivity index (χ2v) is 5.80. The highest BCUT2D eigenvalue weighted by molar-refractivity contribution is 5.29. The molecule has 112 valence electrons. The minimum absolute atomic E-state index is 0.139. The molecule has 2 N–H and O–H groups in total. The minimum atomic E-state index is -4.30. The van der Waals surface area contributed by atoms with Crippen LogP contribution in [0.4, 0.5) is 13.2 Å². The number of halogens is 3. The molecule has 0 aromatic heterocycles. The molecular formula is C15H21F3N2. The van der Waals surface area contributed by atoms with Crippen molar-refractivity contribution in [2.24, 2.45) is 5.73 Å². The molecule has 1 aliphatic carbocycles. The zero-order valence-electron chi connectivity index (χ0n) is 11.9. The third-order valence-electron chi connectivity index (χ3n) is 4.54. The van der Waals surface area contributed by atoms with Gasteiger partial charge in [-0.15, -0.1) is 0 Å². The largest absolute Gasteiger partial charge is 0.416 e. The van der Waals surface area contributed by atoms with Crippen LogP contribution in [0.25, 0.3) is 0 Å². The quantitative estimate of drug-likeness (QED) is 0.920. The van der Waals surface area contributed by atoms with E-state index >= 15 is 0 Å². The fourth-order valence-electron chi connectivity index (χ4n) is 3.21. The Kier molecular flexibility index (Phi) is 4.12. The monoisotopic (exact) mass is 286 g/mol. The van der Waals surface area contributed by atoms with E-state index in [1.54, 1.807) is 0 Å². The van der Waals surface area contributed by atoms with E-state index in [9.17, 15) is 13.2 Å². The van der Waals surface area contributed by atoms with E-state index in [0.717, 1.165) is 43.4 Å². The normalized spacial score (nSPS) is 20.4. The molecule has 1 saturated carbocycles. The summed E-state index contributed by atoms with van der Waals surface area (Å²) in [6.07, 6.45) is -0.0847. The first-order chi connectivity index (χ1) is 9.27. The summed E-state index contributed by atoms with van der Waals surface area (Å²) in [5.74, 6) is 0. The molecule has 2 nitrogen and oxygen atoms in total. The number of hydrogen-bond donors (Lipinski definition) is 1. The molecule has 0 bridgehead atoms. The van der Waals surface area contributed by atoms with Crippen molar-refractivity contribution in [2.45, 2.75) is 43.4 Å². The molecule has 1 aromatic carbocycles. The molecule has 1 atom stereocenters. The second-order valence-electron chi connectivity index (χ2n) is 5.80. The van der Waals surface area contributed by atoms with Crippen molar-refractivity contribution in [1.82, 2.24) is 4.90 Å². The van der Waals surface area contributed by atoms with E-state index in [-0.39, 0.29) is 11.6 Å². The number of likely N-dealkylation sites (N-methyl/N-ethyl adjacent to an activating group) is 1. The van der Waals surface area contributed by atoms with Gasteiger partial charge in [0.1, 0.15) is 0 Å². The van der Waals surface area contributed by atoms with Crippen LogP contribution in [0.2, 0.25) is 0 Å². The lowest BCUT2D eigenvalue weighted by Gasteiger charge is -2.41. The Morgan fingerprint density at radius 1 is 1.10 bits per heavy atom. The van der Waals surface area contributed by atoms with Gasteiger partial charge in [-0.2, -0.15) is 13.2 Å². The molecule has 2 rings (SSSR count). The average Bonchev–Trinajstić information content (AvgIpc) is 2.87. The fraction of sp³-hybridized carbons (Fsp3) is 0.600. The highest BCUT2D eigenvalue weighted by Gasteiger charge is 2.42. The summed E-state index contributed by atoms with van der Waals surface area (Å²) in [7, 11) is 3.99. The highest BCUT2D eigenvalue weighted by atomic mass is 19.4. The molecule has 0 saturated heterocycles. The molecule has 1 aliphatic rings. The Hall–Kier alpha value is -1.07. The molecule has 1 unspecified atom stereocenters. The highest BCUT2D eigenvalue weighted by Crippen LogP contribution is 2.42. The summed E-state index contributed by atoms with van der Waals surface area (Å²) in [6, 6.07) is 5.00. The predicted octanol–water partition coefficient (Wildman–Crippen LogP) is 3.58. The number of nitrogens with zero attached hydrogens (tertiary/aromatic N) is 1. The Morgan fingerprint density at radius 3 is 2.00 bits per heavy atom. The van der Waals surface area contributed by atoms with Gasteiger partial charge in [0.25, 0.3) is 0 Å². The maximum Gasteiger partial charge on any atom is 0.416 e. The first-order valence-corrected chi connectivity index (χ1v) is 6.87. The molecule has 0 aliphatic heterocycles. The third kappa shape index (κ3) is 2.69. The first kappa shape index (κ1) is 15.3. The maximum absolute atomic E-state index is 12.6. The molecule has 0 amide bonds. The summed E-state index contributed by atoms with van der Waals surface area (Å²) in [5, 5.41) is 0. The van der Waals surface area contributed by atoms with Gasteiger partial charge in [0.15, 0.2) is 0 Å². The van der Waals surface area contributed by atoms with Gasteiger partial charge in [0.05, 0.1) is 5.56 Å². The van der Waals surface area contributed by atoms with Crippen molar-refractivity contribution >= 4 is 0 Å². The minimum Gasteiger partial charge on any atom is -0.322 e. The van der Waals surface area contributed by atoms with E-state index in [1.165, 1.54) is 12.1 Å². The first-order valence-electron chi connectivity index (χ1n) is 6.87. The third-order valence-corrected chi connectivity index (χ3v) is 4.54. The van der Waals surface area contributed by atoms with Crippen LogP contribution in [0.15, 0.2) is 24.3 Å². The summed E-state index contributed by atoms with van der Waals surface area (Å²) < 4.78 is 37.8. The Labute approximate surface area is 117 Å². The van der Waals surface area contributed by atoms with Gasteiger partial charge in [0, 0.05) is 11.6 Å². The van der Waals surface area contributed by atoms with Crippen molar-refractivity contribution < 1.29 is 13.2 Å². The zero-order chi connectivity index (χ0) is 15.0. The number of nitrogens with two attached hydrogens (primary N) is 1. The summed E-state index contributed by atoms with van der Waals surface area (Å²) in [4.78, 5) is 2.13. The van der Waals surface area contributed by atoms with Gasteiger partial charge in [-0.25, -0.2) is 0 Å².